The number of pyridine rings is 1. The van der Waals surface area contributed by atoms with Crippen LogP contribution in [0.1, 0.15) is 28.4 Å². The lowest BCUT2D eigenvalue weighted by molar-refractivity contribution is 0.102. The van der Waals surface area contributed by atoms with Crippen LogP contribution in [0, 0.1) is 6.92 Å². The van der Waals surface area contributed by atoms with E-state index in [1.165, 1.54) is 0 Å². The fourth-order valence-corrected chi connectivity index (χ4v) is 2.85. The van der Waals surface area contributed by atoms with E-state index >= 15 is 0 Å². The number of aromatic nitrogens is 1. The van der Waals surface area contributed by atoms with E-state index in [9.17, 15) is 4.79 Å². The van der Waals surface area contributed by atoms with Gasteiger partial charge in [0.05, 0.1) is 6.61 Å². The minimum absolute atomic E-state index is 0.205. The second-order valence-corrected chi connectivity index (χ2v) is 7.01. The minimum Gasteiger partial charge on any atom is -0.490 e. The summed E-state index contributed by atoms with van der Waals surface area (Å²) in [7, 11) is 0. The van der Waals surface area contributed by atoms with Crippen LogP contribution in [0.5, 0.6) is 11.5 Å². The molecule has 1 aromatic heterocycles. The lowest BCUT2D eigenvalue weighted by Crippen LogP contribution is -2.12. The SMILES string of the molecule is CCOc1cc(C(=O)Nc2ccc(Br)c(C)c2)ccc1OCc1ccncc1. The fraction of sp³-hybridized carbons (Fsp3) is 0.182. The van der Waals surface area contributed by atoms with E-state index < -0.39 is 0 Å². The number of hydrogen-bond acceptors (Lipinski definition) is 4. The third-order valence-corrected chi connectivity index (χ3v) is 4.95. The Hall–Kier alpha value is -2.86. The van der Waals surface area contributed by atoms with E-state index in [0.717, 1.165) is 21.3 Å². The largest absolute Gasteiger partial charge is 0.490 e. The first kappa shape index (κ1) is 19.9. The van der Waals surface area contributed by atoms with E-state index in [4.69, 9.17) is 9.47 Å². The van der Waals surface area contributed by atoms with Crippen LogP contribution >= 0.6 is 15.9 Å². The highest BCUT2D eigenvalue weighted by Gasteiger charge is 2.13. The zero-order chi connectivity index (χ0) is 19.9. The first-order valence-corrected chi connectivity index (χ1v) is 9.72. The molecule has 6 heteroatoms. The Balaban J connectivity index is 1.75. The number of carbonyl (C=O) groups is 1. The molecule has 0 aliphatic heterocycles. The molecule has 0 unspecified atom stereocenters. The summed E-state index contributed by atoms with van der Waals surface area (Å²) in [6, 6.07) is 14.6. The predicted molar refractivity (Wildman–Crippen MR) is 113 cm³/mol. The highest BCUT2D eigenvalue weighted by atomic mass is 79.9. The van der Waals surface area contributed by atoms with E-state index in [1.807, 2.05) is 44.2 Å². The van der Waals surface area contributed by atoms with Gasteiger partial charge in [-0.2, -0.15) is 0 Å². The number of rotatable bonds is 7. The molecule has 1 N–H and O–H groups in total. The van der Waals surface area contributed by atoms with Crippen molar-refractivity contribution in [2.75, 3.05) is 11.9 Å². The molecule has 2 aromatic carbocycles. The van der Waals surface area contributed by atoms with E-state index in [-0.39, 0.29) is 5.91 Å². The van der Waals surface area contributed by atoms with Gasteiger partial charge in [0.1, 0.15) is 6.61 Å². The number of benzene rings is 2. The van der Waals surface area contributed by atoms with E-state index in [0.29, 0.717) is 30.3 Å². The van der Waals surface area contributed by atoms with Gasteiger partial charge in [-0.05, 0) is 73.5 Å². The molecule has 1 heterocycles. The first-order valence-electron chi connectivity index (χ1n) is 8.93. The quantitative estimate of drug-likeness (QED) is 0.535. The summed E-state index contributed by atoms with van der Waals surface area (Å²) in [4.78, 5) is 16.6. The second-order valence-electron chi connectivity index (χ2n) is 6.16. The summed E-state index contributed by atoms with van der Waals surface area (Å²) >= 11 is 3.46. The zero-order valence-corrected chi connectivity index (χ0v) is 17.3. The Morgan fingerprint density at radius 2 is 1.82 bits per heavy atom. The lowest BCUT2D eigenvalue weighted by Gasteiger charge is -2.14. The molecule has 3 rings (SSSR count). The molecule has 0 aliphatic rings. The molecular weight excluding hydrogens is 420 g/mol. The van der Waals surface area contributed by atoms with Crippen LogP contribution in [0.15, 0.2) is 65.4 Å². The molecule has 0 saturated heterocycles. The van der Waals surface area contributed by atoms with Crippen molar-refractivity contribution < 1.29 is 14.3 Å². The predicted octanol–water partition coefficient (Wildman–Crippen LogP) is 5.38. The van der Waals surface area contributed by atoms with Crippen molar-refractivity contribution in [2.24, 2.45) is 0 Å². The maximum atomic E-state index is 12.6. The molecule has 0 saturated carbocycles. The van der Waals surface area contributed by atoms with Gasteiger partial charge in [0.2, 0.25) is 0 Å². The molecule has 0 radical (unpaired) electrons. The van der Waals surface area contributed by atoms with Crippen LogP contribution in [0.25, 0.3) is 0 Å². The van der Waals surface area contributed by atoms with Crippen LogP contribution < -0.4 is 14.8 Å². The monoisotopic (exact) mass is 440 g/mol. The van der Waals surface area contributed by atoms with Gasteiger partial charge in [0.15, 0.2) is 11.5 Å². The molecule has 0 fully saturated rings. The van der Waals surface area contributed by atoms with Crippen molar-refractivity contribution in [1.82, 2.24) is 4.98 Å². The number of carbonyl (C=O) groups excluding carboxylic acids is 1. The summed E-state index contributed by atoms with van der Waals surface area (Å²) < 4.78 is 12.5. The molecule has 144 valence electrons. The van der Waals surface area contributed by atoms with Crippen LogP contribution in [-0.4, -0.2) is 17.5 Å². The first-order chi connectivity index (χ1) is 13.6. The van der Waals surface area contributed by atoms with Gasteiger partial charge in [0.25, 0.3) is 5.91 Å². The average Bonchev–Trinajstić information content (AvgIpc) is 2.71. The van der Waals surface area contributed by atoms with Crippen molar-refractivity contribution in [2.45, 2.75) is 20.5 Å². The Morgan fingerprint density at radius 1 is 1.04 bits per heavy atom. The normalized spacial score (nSPS) is 10.4. The van der Waals surface area contributed by atoms with Gasteiger partial charge in [-0.3, -0.25) is 9.78 Å². The number of nitrogens with zero attached hydrogens (tertiary/aromatic N) is 1. The highest BCUT2D eigenvalue weighted by Crippen LogP contribution is 2.30. The number of amides is 1. The number of hydrogen-bond donors (Lipinski definition) is 1. The molecule has 0 atom stereocenters. The topological polar surface area (TPSA) is 60.5 Å². The standard InChI is InChI=1S/C22H21BrN2O3/c1-3-27-21-13-17(22(26)25-18-5-6-19(23)15(2)12-18)4-7-20(21)28-14-16-8-10-24-11-9-16/h4-13H,3,14H2,1-2H3,(H,25,26). The maximum Gasteiger partial charge on any atom is 0.255 e. The Kier molecular flexibility index (Phi) is 6.66. The zero-order valence-electron chi connectivity index (χ0n) is 15.7. The summed E-state index contributed by atoms with van der Waals surface area (Å²) in [5.74, 6) is 0.925. The third kappa shape index (κ3) is 5.10. The molecular formula is C22H21BrN2O3. The number of halogens is 1. The van der Waals surface area contributed by atoms with Gasteiger partial charge in [-0.15, -0.1) is 0 Å². The molecule has 0 aliphatic carbocycles. The van der Waals surface area contributed by atoms with Crippen LogP contribution in [0.3, 0.4) is 0 Å². The minimum atomic E-state index is -0.205. The average molecular weight is 441 g/mol. The Bertz CT molecular complexity index is 961. The van der Waals surface area contributed by atoms with Gasteiger partial charge < -0.3 is 14.8 Å². The smallest absolute Gasteiger partial charge is 0.255 e. The van der Waals surface area contributed by atoms with Gasteiger partial charge >= 0.3 is 0 Å². The lowest BCUT2D eigenvalue weighted by atomic mass is 10.1. The summed E-state index contributed by atoms with van der Waals surface area (Å²) in [5, 5.41) is 2.91. The van der Waals surface area contributed by atoms with Crippen LogP contribution in [0.4, 0.5) is 5.69 Å². The van der Waals surface area contributed by atoms with Gasteiger partial charge in [0, 0.05) is 28.1 Å². The maximum absolute atomic E-state index is 12.6. The molecule has 5 nitrogen and oxygen atoms in total. The second kappa shape index (κ2) is 9.37. The highest BCUT2D eigenvalue weighted by molar-refractivity contribution is 9.10. The van der Waals surface area contributed by atoms with Crippen LogP contribution in [0.2, 0.25) is 0 Å². The van der Waals surface area contributed by atoms with Crippen molar-refractivity contribution in [3.63, 3.8) is 0 Å². The summed E-state index contributed by atoms with van der Waals surface area (Å²) in [5.41, 5.74) is 3.29. The van der Waals surface area contributed by atoms with Crippen molar-refractivity contribution >= 4 is 27.5 Å². The van der Waals surface area contributed by atoms with Crippen molar-refractivity contribution in [3.05, 3.63) is 82.1 Å². The third-order valence-electron chi connectivity index (χ3n) is 4.07. The molecule has 1 amide bonds. The van der Waals surface area contributed by atoms with E-state index in [1.54, 1.807) is 30.6 Å². The van der Waals surface area contributed by atoms with E-state index in [2.05, 4.69) is 26.2 Å². The summed E-state index contributed by atoms with van der Waals surface area (Å²) in [6.07, 6.45) is 3.44. The molecule has 0 bridgehead atoms. The number of anilines is 1. The number of nitrogens with one attached hydrogen (secondary N) is 1. The Morgan fingerprint density at radius 3 is 2.54 bits per heavy atom. The Labute approximate surface area is 172 Å². The van der Waals surface area contributed by atoms with Gasteiger partial charge in [-0.1, -0.05) is 15.9 Å². The van der Waals surface area contributed by atoms with Crippen molar-refractivity contribution in [1.29, 1.82) is 0 Å². The molecule has 3 aromatic rings. The van der Waals surface area contributed by atoms with Crippen LogP contribution in [-0.2, 0) is 6.61 Å². The van der Waals surface area contributed by atoms with Gasteiger partial charge in [-0.25, -0.2) is 0 Å². The summed E-state index contributed by atoms with van der Waals surface area (Å²) in [6.45, 7) is 4.74. The molecule has 0 spiro atoms. The number of aryl methyl sites for hydroxylation is 1. The molecule has 28 heavy (non-hydrogen) atoms. The fourth-order valence-electron chi connectivity index (χ4n) is 2.60. The number of ether oxygens (including phenoxy) is 2. The van der Waals surface area contributed by atoms with Crippen molar-refractivity contribution in [3.8, 4) is 11.5 Å².